The van der Waals surface area contributed by atoms with Crippen LogP contribution in [0.3, 0.4) is 0 Å². The zero-order valence-corrected chi connectivity index (χ0v) is 8.40. The number of carbonyl (C=O) groups is 1. The quantitative estimate of drug-likeness (QED) is 0.676. The van der Waals surface area contributed by atoms with Crippen LogP contribution in [0.1, 0.15) is 26.2 Å². The third kappa shape index (κ3) is 1.86. The highest BCUT2D eigenvalue weighted by Gasteiger charge is 2.42. The van der Waals surface area contributed by atoms with Gasteiger partial charge in [0.15, 0.2) is 0 Å². The summed E-state index contributed by atoms with van der Waals surface area (Å²) in [4.78, 5) is 9.69. The predicted molar refractivity (Wildman–Crippen MR) is 48.9 cm³/mol. The molecule has 0 heterocycles. The van der Waals surface area contributed by atoms with Gasteiger partial charge >= 0.3 is 5.97 Å². The second kappa shape index (κ2) is 3.43. The van der Waals surface area contributed by atoms with E-state index >= 15 is 0 Å². The van der Waals surface area contributed by atoms with E-state index in [1.165, 1.54) is 0 Å². The Kier molecular flexibility index (Phi) is 2.89. The van der Waals surface area contributed by atoms with Gasteiger partial charge in [0.25, 0.3) is 0 Å². The van der Waals surface area contributed by atoms with E-state index in [0.717, 1.165) is 0 Å². The molecule has 0 spiro atoms. The van der Waals surface area contributed by atoms with Crippen molar-refractivity contribution in [1.29, 1.82) is 0 Å². The van der Waals surface area contributed by atoms with E-state index in [9.17, 15) is 4.79 Å². The van der Waals surface area contributed by atoms with Gasteiger partial charge in [-0.3, -0.25) is 4.79 Å². The van der Waals surface area contributed by atoms with Gasteiger partial charge in [-0.2, -0.15) is 0 Å². The average Bonchev–Trinajstić information content (AvgIpc) is 1.97. The second-order valence-corrected chi connectivity index (χ2v) is 4.79. The van der Waals surface area contributed by atoms with Crippen molar-refractivity contribution in [1.82, 2.24) is 0 Å². The summed E-state index contributed by atoms with van der Waals surface area (Å²) in [6.07, 6.45) is 1.64. The third-order valence-corrected chi connectivity index (χ3v) is 3.62. The van der Waals surface area contributed by atoms with Crippen molar-refractivity contribution < 1.29 is 9.90 Å². The van der Waals surface area contributed by atoms with Gasteiger partial charge in [-0.05, 0) is 25.2 Å². The molecular weight excluding hydrogens is 199 g/mol. The fourth-order valence-corrected chi connectivity index (χ4v) is 2.14. The topological polar surface area (TPSA) is 37.3 Å². The van der Waals surface area contributed by atoms with E-state index in [-0.39, 0.29) is 11.3 Å². The Hall–Kier alpha value is 0.0500. The van der Waals surface area contributed by atoms with Crippen LogP contribution in [0.2, 0.25) is 0 Å². The number of aliphatic carboxylic acids is 1. The summed E-state index contributed by atoms with van der Waals surface area (Å²) in [7, 11) is 0. The van der Waals surface area contributed by atoms with Gasteiger partial charge in [0.05, 0.1) is 0 Å². The number of carboxylic acids is 1. The van der Waals surface area contributed by atoms with Crippen LogP contribution in [0.4, 0.5) is 0 Å². The van der Waals surface area contributed by atoms with Gasteiger partial charge in [0.2, 0.25) is 0 Å². The van der Waals surface area contributed by atoms with E-state index in [4.69, 9.17) is 28.3 Å². The molecule has 4 heteroatoms. The second-order valence-electron chi connectivity index (χ2n) is 3.51. The van der Waals surface area contributed by atoms with Crippen LogP contribution < -0.4 is 0 Å². The van der Waals surface area contributed by atoms with Gasteiger partial charge in [-0.25, -0.2) is 0 Å². The molecule has 1 rings (SSSR count). The van der Waals surface area contributed by atoms with E-state index < -0.39 is 10.8 Å². The minimum Gasteiger partial charge on any atom is -0.480 e. The van der Waals surface area contributed by atoms with Gasteiger partial charge in [0, 0.05) is 5.38 Å². The molecule has 3 atom stereocenters. The monoisotopic (exact) mass is 210 g/mol. The SMILES string of the molecule is CC1CC(Cl)(C(=O)O)CCC1Cl. The highest BCUT2D eigenvalue weighted by atomic mass is 35.5. The summed E-state index contributed by atoms with van der Waals surface area (Å²) in [6, 6.07) is 0. The first kappa shape index (κ1) is 10.1. The number of halogens is 2. The molecule has 1 aliphatic carbocycles. The van der Waals surface area contributed by atoms with Crippen molar-refractivity contribution in [2.75, 3.05) is 0 Å². The molecule has 70 valence electrons. The van der Waals surface area contributed by atoms with E-state index in [2.05, 4.69) is 0 Å². The van der Waals surface area contributed by atoms with Crippen LogP contribution in [0.15, 0.2) is 0 Å². The van der Waals surface area contributed by atoms with Crippen LogP contribution in [0.5, 0.6) is 0 Å². The summed E-state index contributed by atoms with van der Waals surface area (Å²) in [5, 5.41) is 8.91. The van der Waals surface area contributed by atoms with Gasteiger partial charge < -0.3 is 5.11 Å². The highest BCUT2D eigenvalue weighted by molar-refractivity contribution is 6.34. The first-order chi connectivity index (χ1) is 5.46. The largest absolute Gasteiger partial charge is 0.480 e. The van der Waals surface area contributed by atoms with Crippen molar-refractivity contribution in [3.8, 4) is 0 Å². The van der Waals surface area contributed by atoms with Crippen LogP contribution in [-0.4, -0.2) is 21.3 Å². The average molecular weight is 211 g/mol. The minimum atomic E-state index is -1.06. The Morgan fingerprint density at radius 1 is 1.67 bits per heavy atom. The first-order valence-corrected chi connectivity index (χ1v) is 4.83. The normalized spacial score (nSPS) is 42.6. The number of hydrogen-bond donors (Lipinski definition) is 1. The van der Waals surface area contributed by atoms with Crippen molar-refractivity contribution >= 4 is 29.2 Å². The maximum Gasteiger partial charge on any atom is 0.324 e. The smallest absolute Gasteiger partial charge is 0.324 e. The summed E-state index contributed by atoms with van der Waals surface area (Å²) in [5.41, 5.74) is 0. The molecule has 0 radical (unpaired) electrons. The fourth-order valence-electron chi connectivity index (χ4n) is 1.59. The van der Waals surface area contributed by atoms with E-state index in [0.29, 0.717) is 19.3 Å². The maximum absolute atomic E-state index is 10.8. The Balaban J connectivity index is 2.66. The standard InChI is InChI=1S/C8H12Cl2O2/c1-5-4-8(10,7(11)12)3-2-6(5)9/h5-6H,2-4H2,1H3,(H,11,12). The first-order valence-electron chi connectivity index (χ1n) is 4.02. The maximum atomic E-state index is 10.8. The summed E-state index contributed by atoms with van der Waals surface area (Å²) in [5.74, 6) is -0.728. The van der Waals surface area contributed by atoms with Crippen molar-refractivity contribution in [2.45, 2.75) is 36.4 Å². The molecule has 1 N–H and O–H groups in total. The van der Waals surface area contributed by atoms with Crippen LogP contribution in [0, 0.1) is 5.92 Å². The summed E-state index contributed by atoms with van der Waals surface area (Å²) < 4.78 is 0. The van der Waals surface area contributed by atoms with E-state index in [1.807, 2.05) is 6.92 Å². The molecule has 1 aliphatic rings. The number of alkyl halides is 2. The third-order valence-electron chi connectivity index (χ3n) is 2.46. The van der Waals surface area contributed by atoms with Crippen LogP contribution >= 0.6 is 23.2 Å². The highest BCUT2D eigenvalue weighted by Crippen LogP contribution is 2.39. The molecule has 12 heavy (non-hydrogen) atoms. The zero-order valence-electron chi connectivity index (χ0n) is 6.89. The molecule has 1 fully saturated rings. The lowest BCUT2D eigenvalue weighted by atomic mass is 9.81. The predicted octanol–water partition coefficient (Wildman–Crippen LogP) is 2.48. The van der Waals surface area contributed by atoms with Crippen molar-refractivity contribution in [3.63, 3.8) is 0 Å². The zero-order chi connectivity index (χ0) is 9.35. The molecule has 0 aromatic carbocycles. The molecule has 3 unspecified atom stereocenters. The van der Waals surface area contributed by atoms with E-state index in [1.54, 1.807) is 0 Å². The molecule has 2 nitrogen and oxygen atoms in total. The van der Waals surface area contributed by atoms with Gasteiger partial charge in [0.1, 0.15) is 4.87 Å². The Morgan fingerprint density at radius 3 is 2.67 bits per heavy atom. The summed E-state index contributed by atoms with van der Waals surface area (Å²) in [6.45, 7) is 1.94. The lowest BCUT2D eigenvalue weighted by Gasteiger charge is -2.34. The number of rotatable bonds is 1. The Labute approximate surface area is 81.9 Å². The fraction of sp³-hybridized carbons (Fsp3) is 0.875. The molecule has 0 aliphatic heterocycles. The lowest BCUT2D eigenvalue weighted by Crippen LogP contribution is -2.40. The van der Waals surface area contributed by atoms with Gasteiger partial charge in [-0.1, -0.05) is 6.92 Å². The van der Waals surface area contributed by atoms with Crippen LogP contribution in [0.25, 0.3) is 0 Å². The molecule has 0 amide bonds. The molecule has 0 saturated heterocycles. The molecular formula is C8H12Cl2O2. The summed E-state index contributed by atoms with van der Waals surface area (Å²) >= 11 is 11.9. The van der Waals surface area contributed by atoms with Gasteiger partial charge in [-0.15, -0.1) is 23.2 Å². The molecule has 0 aromatic rings. The molecule has 1 saturated carbocycles. The van der Waals surface area contributed by atoms with Crippen molar-refractivity contribution in [3.05, 3.63) is 0 Å². The lowest BCUT2D eigenvalue weighted by molar-refractivity contribution is -0.141. The van der Waals surface area contributed by atoms with Crippen LogP contribution in [-0.2, 0) is 4.79 Å². The Morgan fingerprint density at radius 2 is 2.25 bits per heavy atom. The van der Waals surface area contributed by atoms with Crippen molar-refractivity contribution in [2.24, 2.45) is 5.92 Å². The number of hydrogen-bond acceptors (Lipinski definition) is 1. The molecule has 0 bridgehead atoms. The number of carboxylic acid groups (broad SMARTS) is 1. The Bertz CT molecular complexity index is 195. The molecule has 0 aromatic heterocycles. The minimum absolute atomic E-state index is 0.0798.